The lowest BCUT2D eigenvalue weighted by Crippen LogP contribution is -2.36. The monoisotopic (exact) mass is 302 g/mol. The van der Waals surface area contributed by atoms with Gasteiger partial charge in [-0.1, -0.05) is 24.3 Å². The number of likely N-dealkylation sites (N-methyl/N-ethyl adjacent to an activating group) is 1. The second kappa shape index (κ2) is 7.56. The Morgan fingerprint density at radius 2 is 1.82 bits per heavy atom. The fourth-order valence-electron chi connectivity index (χ4n) is 2.02. The first-order chi connectivity index (χ1) is 10.6. The molecule has 0 spiro atoms. The summed E-state index contributed by atoms with van der Waals surface area (Å²) in [6.07, 6.45) is 5.47. The summed E-state index contributed by atoms with van der Waals surface area (Å²) >= 11 is 0. The molecule has 1 aromatic carbocycles. The SMILES string of the molecule is CN(c1ccc(C=Cc2ccc(=O)[nH]c2)cc1)C(CO)CF. The molecule has 0 fully saturated rings. The minimum Gasteiger partial charge on any atom is -0.394 e. The summed E-state index contributed by atoms with van der Waals surface area (Å²) in [5, 5.41) is 9.12. The van der Waals surface area contributed by atoms with E-state index in [0.29, 0.717) is 0 Å². The normalized spacial score (nSPS) is 12.5. The summed E-state index contributed by atoms with van der Waals surface area (Å²) in [6.45, 7) is -0.818. The quantitative estimate of drug-likeness (QED) is 0.861. The van der Waals surface area contributed by atoms with Crippen LogP contribution in [-0.2, 0) is 0 Å². The van der Waals surface area contributed by atoms with Gasteiger partial charge in [-0.3, -0.25) is 4.79 Å². The molecule has 1 heterocycles. The molecule has 1 unspecified atom stereocenters. The molecule has 22 heavy (non-hydrogen) atoms. The van der Waals surface area contributed by atoms with Crippen molar-refractivity contribution < 1.29 is 9.50 Å². The smallest absolute Gasteiger partial charge is 0.247 e. The zero-order valence-electron chi connectivity index (χ0n) is 12.4. The molecule has 2 aromatic rings. The number of benzene rings is 1. The second-order valence-corrected chi connectivity index (χ2v) is 5.01. The van der Waals surface area contributed by atoms with Crippen LogP contribution in [0.2, 0.25) is 0 Å². The number of aliphatic hydroxyl groups excluding tert-OH is 1. The van der Waals surface area contributed by atoms with Gasteiger partial charge in [-0.15, -0.1) is 0 Å². The topological polar surface area (TPSA) is 56.3 Å². The Bertz CT molecular complexity index is 655. The minimum atomic E-state index is -0.596. The molecule has 0 saturated carbocycles. The van der Waals surface area contributed by atoms with E-state index in [9.17, 15) is 9.18 Å². The van der Waals surface area contributed by atoms with E-state index in [1.54, 1.807) is 24.2 Å². The van der Waals surface area contributed by atoms with E-state index in [0.717, 1.165) is 16.8 Å². The van der Waals surface area contributed by atoms with Gasteiger partial charge in [0, 0.05) is 25.0 Å². The molecule has 0 bridgehead atoms. The number of nitrogens with zero attached hydrogens (tertiary/aromatic N) is 1. The van der Waals surface area contributed by atoms with Crippen LogP contribution < -0.4 is 10.5 Å². The third-order valence-corrected chi connectivity index (χ3v) is 3.51. The van der Waals surface area contributed by atoms with Crippen LogP contribution in [0, 0.1) is 0 Å². The molecule has 0 saturated heterocycles. The maximum atomic E-state index is 12.8. The van der Waals surface area contributed by atoms with Gasteiger partial charge in [0.1, 0.15) is 6.67 Å². The van der Waals surface area contributed by atoms with Crippen LogP contribution in [0.15, 0.2) is 47.4 Å². The molecule has 4 nitrogen and oxygen atoms in total. The minimum absolute atomic E-state index is 0.129. The number of aromatic nitrogens is 1. The Hall–Kier alpha value is -2.40. The van der Waals surface area contributed by atoms with Gasteiger partial charge in [-0.25, -0.2) is 4.39 Å². The molecule has 0 aliphatic carbocycles. The molecule has 0 aliphatic heterocycles. The zero-order chi connectivity index (χ0) is 15.9. The predicted molar refractivity (Wildman–Crippen MR) is 87.7 cm³/mol. The fraction of sp³-hybridized carbons (Fsp3) is 0.235. The molecular formula is C17H19FN2O2. The maximum Gasteiger partial charge on any atom is 0.247 e. The van der Waals surface area contributed by atoms with Gasteiger partial charge >= 0.3 is 0 Å². The van der Waals surface area contributed by atoms with E-state index in [-0.39, 0.29) is 12.2 Å². The molecule has 116 valence electrons. The van der Waals surface area contributed by atoms with E-state index in [2.05, 4.69) is 4.98 Å². The highest BCUT2D eigenvalue weighted by molar-refractivity contribution is 5.70. The number of alkyl halides is 1. The Morgan fingerprint density at radius 3 is 2.36 bits per heavy atom. The van der Waals surface area contributed by atoms with Gasteiger partial charge in [-0.05, 0) is 29.3 Å². The fourth-order valence-corrected chi connectivity index (χ4v) is 2.02. The first-order valence-corrected chi connectivity index (χ1v) is 7.00. The Balaban J connectivity index is 2.08. The van der Waals surface area contributed by atoms with Gasteiger partial charge in [0.2, 0.25) is 5.56 Å². The molecule has 0 amide bonds. The number of pyridine rings is 1. The third kappa shape index (κ3) is 4.05. The second-order valence-electron chi connectivity index (χ2n) is 5.01. The van der Waals surface area contributed by atoms with Gasteiger partial charge < -0.3 is 15.0 Å². The number of aromatic amines is 1. The number of anilines is 1. The zero-order valence-corrected chi connectivity index (χ0v) is 12.4. The molecule has 0 radical (unpaired) electrons. The number of halogens is 1. The van der Waals surface area contributed by atoms with E-state index < -0.39 is 12.7 Å². The molecule has 1 atom stereocenters. The summed E-state index contributed by atoms with van der Waals surface area (Å²) < 4.78 is 12.8. The molecule has 1 aromatic heterocycles. The van der Waals surface area contributed by atoms with Crippen LogP contribution >= 0.6 is 0 Å². The van der Waals surface area contributed by atoms with E-state index >= 15 is 0 Å². The van der Waals surface area contributed by atoms with Crippen LogP contribution in [0.4, 0.5) is 10.1 Å². The van der Waals surface area contributed by atoms with Crippen LogP contribution in [0.1, 0.15) is 11.1 Å². The lowest BCUT2D eigenvalue weighted by molar-refractivity contribution is 0.238. The third-order valence-electron chi connectivity index (χ3n) is 3.51. The van der Waals surface area contributed by atoms with Crippen molar-refractivity contribution in [3.05, 3.63) is 64.1 Å². The molecule has 5 heteroatoms. The number of hydrogen-bond acceptors (Lipinski definition) is 3. The largest absolute Gasteiger partial charge is 0.394 e. The lowest BCUT2D eigenvalue weighted by Gasteiger charge is -2.26. The van der Waals surface area contributed by atoms with Crippen molar-refractivity contribution >= 4 is 17.8 Å². The number of H-pyrrole nitrogens is 1. The van der Waals surface area contributed by atoms with Crippen LogP contribution in [0.5, 0.6) is 0 Å². The molecule has 2 rings (SSSR count). The Morgan fingerprint density at radius 1 is 1.18 bits per heavy atom. The number of rotatable bonds is 6. The van der Waals surface area contributed by atoms with Crippen LogP contribution in [-0.4, -0.2) is 36.5 Å². The summed E-state index contributed by atoms with van der Waals surface area (Å²) in [4.78, 5) is 15.3. The highest BCUT2D eigenvalue weighted by Gasteiger charge is 2.13. The van der Waals surface area contributed by atoms with Crippen molar-refractivity contribution in [3.63, 3.8) is 0 Å². The Kier molecular flexibility index (Phi) is 5.49. The Labute approximate surface area is 128 Å². The van der Waals surface area contributed by atoms with Crippen molar-refractivity contribution in [1.82, 2.24) is 4.98 Å². The molecule has 2 N–H and O–H groups in total. The van der Waals surface area contributed by atoms with Crippen LogP contribution in [0.25, 0.3) is 12.2 Å². The van der Waals surface area contributed by atoms with E-state index in [4.69, 9.17) is 5.11 Å². The predicted octanol–water partition coefficient (Wildman–Crippen LogP) is 2.31. The first kappa shape index (κ1) is 16.0. The van der Waals surface area contributed by atoms with Crippen molar-refractivity contribution in [1.29, 1.82) is 0 Å². The highest BCUT2D eigenvalue weighted by atomic mass is 19.1. The molecule has 0 aliphatic rings. The summed E-state index contributed by atoms with van der Waals surface area (Å²) in [5.74, 6) is 0. The van der Waals surface area contributed by atoms with Gasteiger partial charge in [0.25, 0.3) is 0 Å². The van der Waals surface area contributed by atoms with Gasteiger partial charge in [0.15, 0.2) is 0 Å². The van der Waals surface area contributed by atoms with E-state index in [1.807, 2.05) is 36.4 Å². The van der Waals surface area contributed by atoms with Gasteiger partial charge in [-0.2, -0.15) is 0 Å². The average molecular weight is 302 g/mol. The lowest BCUT2D eigenvalue weighted by atomic mass is 10.1. The number of hydrogen-bond donors (Lipinski definition) is 2. The molecular weight excluding hydrogens is 283 g/mol. The highest BCUT2D eigenvalue weighted by Crippen LogP contribution is 2.17. The summed E-state index contributed by atoms with van der Waals surface area (Å²) in [5.41, 5.74) is 2.61. The summed E-state index contributed by atoms with van der Waals surface area (Å²) in [6, 6.07) is 10.3. The average Bonchev–Trinajstić information content (AvgIpc) is 2.56. The van der Waals surface area contributed by atoms with Crippen molar-refractivity contribution in [2.45, 2.75) is 6.04 Å². The summed E-state index contributed by atoms with van der Waals surface area (Å²) in [7, 11) is 1.76. The number of nitrogens with one attached hydrogen (secondary N) is 1. The van der Waals surface area contributed by atoms with E-state index in [1.165, 1.54) is 6.07 Å². The maximum absolute atomic E-state index is 12.8. The first-order valence-electron chi connectivity index (χ1n) is 7.00. The van der Waals surface area contributed by atoms with Crippen molar-refractivity contribution in [2.75, 3.05) is 25.2 Å². The van der Waals surface area contributed by atoms with Crippen molar-refractivity contribution in [2.24, 2.45) is 0 Å². The van der Waals surface area contributed by atoms with Crippen LogP contribution in [0.3, 0.4) is 0 Å². The van der Waals surface area contributed by atoms with Gasteiger partial charge in [0.05, 0.1) is 12.6 Å². The standard InChI is InChI=1S/C17H19FN2O2/c1-20(16(10-18)12-21)15-7-4-13(5-8-15)2-3-14-6-9-17(22)19-11-14/h2-9,11,16,21H,10,12H2,1H3,(H,19,22). The number of aliphatic hydroxyl groups is 1. The van der Waals surface area contributed by atoms with Crippen molar-refractivity contribution in [3.8, 4) is 0 Å².